The summed E-state index contributed by atoms with van der Waals surface area (Å²) >= 11 is 5.74. The topological polar surface area (TPSA) is 114 Å². The van der Waals surface area contributed by atoms with Crippen molar-refractivity contribution in [3.8, 4) is 11.3 Å². The van der Waals surface area contributed by atoms with E-state index in [1.165, 1.54) is 7.11 Å². The lowest BCUT2D eigenvalue weighted by atomic mass is 10.0. The van der Waals surface area contributed by atoms with Gasteiger partial charge in [-0.2, -0.15) is 0 Å². The number of benzene rings is 2. The lowest BCUT2D eigenvalue weighted by molar-refractivity contribution is 0.0600. The number of sulfonamides is 1. The fraction of sp³-hybridized carbons (Fsp3) is 0.148. The van der Waals surface area contributed by atoms with Crippen LogP contribution in [0.5, 0.6) is 0 Å². The molecule has 3 heterocycles. The van der Waals surface area contributed by atoms with Crippen molar-refractivity contribution < 1.29 is 22.4 Å². The fourth-order valence-corrected chi connectivity index (χ4v) is 5.29. The minimum atomic E-state index is -3.40. The number of hydrogen-bond acceptors (Lipinski definition) is 7. The Morgan fingerprint density at radius 3 is 2.42 bits per heavy atom. The van der Waals surface area contributed by atoms with Gasteiger partial charge < -0.3 is 19.4 Å². The number of anilines is 2. The highest BCUT2D eigenvalue weighted by Gasteiger charge is 2.42. The molecule has 0 aliphatic carbocycles. The molecule has 4 aromatic rings. The number of carbonyl (C=O) groups excluding carboxylic acids is 1. The largest absolute Gasteiger partial charge is 0.465 e. The molecule has 5 rings (SSSR count). The number of rotatable bonds is 7. The summed E-state index contributed by atoms with van der Waals surface area (Å²) in [4.78, 5) is 18.3. The number of nitrogens with zero attached hydrogens (tertiary/aromatic N) is 2. The Bertz CT molecular complexity index is 1570. The lowest BCUT2D eigenvalue weighted by Gasteiger charge is -2.26. The molecule has 0 bridgehead atoms. The van der Waals surface area contributed by atoms with Crippen molar-refractivity contribution in [1.29, 1.82) is 0 Å². The van der Waals surface area contributed by atoms with Crippen LogP contribution in [0.2, 0.25) is 0 Å². The number of furan rings is 1. The van der Waals surface area contributed by atoms with Crippen molar-refractivity contribution in [2.75, 3.05) is 23.0 Å². The van der Waals surface area contributed by atoms with E-state index in [1.54, 1.807) is 54.7 Å². The smallest absolute Gasteiger partial charge is 0.337 e. The van der Waals surface area contributed by atoms with Gasteiger partial charge in [0.2, 0.25) is 10.0 Å². The zero-order valence-corrected chi connectivity index (χ0v) is 22.1. The molecule has 2 atom stereocenters. The highest BCUT2D eigenvalue weighted by molar-refractivity contribution is 7.92. The van der Waals surface area contributed by atoms with Crippen LogP contribution in [0.25, 0.3) is 11.3 Å². The summed E-state index contributed by atoms with van der Waals surface area (Å²) in [7, 11) is -2.06. The minimum absolute atomic E-state index is 0.307. The van der Waals surface area contributed by atoms with Gasteiger partial charge in [-0.15, -0.1) is 0 Å². The first-order valence-electron chi connectivity index (χ1n) is 11.6. The van der Waals surface area contributed by atoms with Crippen LogP contribution in [-0.2, 0) is 14.8 Å². The molecule has 0 radical (unpaired) electrons. The predicted octanol–water partition coefficient (Wildman–Crippen LogP) is 4.68. The average molecular weight is 549 g/mol. The van der Waals surface area contributed by atoms with E-state index >= 15 is 0 Å². The molecular weight excluding hydrogens is 524 g/mol. The maximum atomic E-state index is 11.8. The van der Waals surface area contributed by atoms with Crippen molar-refractivity contribution in [3.63, 3.8) is 0 Å². The Kier molecular flexibility index (Phi) is 6.87. The summed E-state index contributed by atoms with van der Waals surface area (Å²) in [5, 5.41) is 3.85. The van der Waals surface area contributed by atoms with Crippen molar-refractivity contribution in [2.24, 2.45) is 0 Å². The Labute approximate surface area is 225 Å². The predicted molar refractivity (Wildman–Crippen MR) is 148 cm³/mol. The van der Waals surface area contributed by atoms with Gasteiger partial charge in [-0.25, -0.2) is 13.2 Å². The first-order valence-corrected chi connectivity index (χ1v) is 13.9. The van der Waals surface area contributed by atoms with Gasteiger partial charge in [0, 0.05) is 23.1 Å². The molecule has 11 heteroatoms. The van der Waals surface area contributed by atoms with Gasteiger partial charge in [0.15, 0.2) is 5.11 Å². The number of hydrogen-bond donors (Lipinski definition) is 2. The molecule has 0 spiro atoms. The van der Waals surface area contributed by atoms with Crippen LogP contribution >= 0.6 is 12.2 Å². The number of methoxy groups -OCH3 is 1. The Morgan fingerprint density at radius 2 is 1.79 bits per heavy atom. The molecule has 9 nitrogen and oxygen atoms in total. The first-order chi connectivity index (χ1) is 18.2. The molecule has 1 saturated heterocycles. The van der Waals surface area contributed by atoms with Crippen molar-refractivity contribution in [3.05, 3.63) is 102 Å². The third kappa shape index (κ3) is 5.24. The van der Waals surface area contributed by atoms with Gasteiger partial charge >= 0.3 is 5.97 Å². The lowest BCUT2D eigenvalue weighted by Crippen LogP contribution is -2.29. The molecule has 2 aromatic carbocycles. The van der Waals surface area contributed by atoms with E-state index in [2.05, 4.69) is 15.0 Å². The zero-order chi connectivity index (χ0) is 26.9. The van der Waals surface area contributed by atoms with Crippen molar-refractivity contribution in [2.45, 2.75) is 12.1 Å². The van der Waals surface area contributed by atoms with E-state index in [0.29, 0.717) is 27.9 Å². The van der Waals surface area contributed by atoms with Crippen LogP contribution in [0.4, 0.5) is 11.4 Å². The number of esters is 1. The molecular formula is C27H24N4O5S2. The van der Waals surface area contributed by atoms with Crippen LogP contribution in [0, 0.1) is 0 Å². The van der Waals surface area contributed by atoms with Crippen LogP contribution in [0.1, 0.15) is 33.9 Å². The summed E-state index contributed by atoms with van der Waals surface area (Å²) in [5.74, 6) is 0.869. The Balaban J connectivity index is 1.51. The maximum Gasteiger partial charge on any atom is 0.337 e. The van der Waals surface area contributed by atoms with Crippen LogP contribution in [0.3, 0.4) is 0 Å². The number of ether oxygens (including phenoxy) is 1. The summed E-state index contributed by atoms with van der Waals surface area (Å²) in [6.07, 6.45) is 2.83. The number of aromatic nitrogens is 1. The SMILES string of the molecule is COC(=O)c1ccc(-c2ccc([C@@H]3[C@@H](c4ccccn4)NC(=S)N3c3ccc(NS(C)(=O)=O)cc3)o2)cc1. The second-order valence-corrected chi connectivity index (χ2v) is 10.8. The molecule has 1 fully saturated rings. The van der Waals surface area contributed by atoms with Gasteiger partial charge in [-0.1, -0.05) is 18.2 Å². The number of nitrogens with one attached hydrogen (secondary N) is 2. The maximum absolute atomic E-state index is 11.8. The minimum Gasteiger partial charge on any atom is -0.465 e. The van der Waals surface area contributed by atoms with E-state index in [-0.39, 0.29) is 12.1 Å². The third-order valence-corrected chi connectivity index (χ3v) is 6.98. The fourth-order valence-electron chi connectivity index (χ4n) is 4.38. The van der Waals surface area contributed by atoms with Crippen LogP contribution < -0.4 is 14.9 Å². The van der Waals surface area contributed by atoms with Gasteiger partial charge in [0.1, 0.15) is 17.6 Å². The van der Waals surface area contributed by atoms with Gasteiger partial charge in [-0.05, 0) is 72.9 Å². The summed E-state index contributed by atoms with van der Waals surface area (Å²) in [6, 6.07) is 22.7. The van der Waals surface area contributed by atoms with E-state index in [0.717, 1.165) is 23.2 Å². The Morgan fingerprint density at radius 1 is 1.05 bits per heavy atom. The van der Waals surface area contributed by atoms with E-state index in [9.17, 15) is 13.2 Å². The van der Waals surface area contributed by atoms with Crippen molar-refractivity contribution >= 4 is 44.7 Å². The second-order valence-electron chi connectivity index (χ2n) is 8.69. The highest BCUT2D eigenvalue weighted by Crippen LogP contribution is 2.43. The molecule has 1 aliphatic rings. The number of carbonyl (C=O) groups is 1. The molecule has 2 N–H and O–H groups in total. The third-order valence-electron chi connectivity index (χ3n) is 6.06. The second kappa shape index (κ2) is 10.3. The standard InChI is InChI=1S/C27H24N4O5S2/c1-35-26(32)18-8-6-17(7-9-18)22-14-15-23(36-22)25-24(21-5-3-4-16-28-21)29-27(37)31(25)20-12-10-19(11-13-20)30-38(2,33)34/h3-16,24-25,30H,1-2H3,(H,29,37)/t24-,25-/m1/s1. The Hall–Kier alpha value is -4.22. The summed E-state index contributed by atoms with van der Waals surface area (Å²) in [5.41, 5.74) is 3.24. The van der Waals surface area contributed by atoms with E-state index in [1.807, 2.05) is 35.2 Å². The van der Waals surface area contributed by atoms with E-state index in [4.69, 9.17) is 21.4 Å². The molecule has 194 valence electrons. The zero-order valence-electron chi connectivity index (χ0n) is 20.5. The monoisotopic (exact) mass is 548 g/mol. The van der Waals surface area contributed by atoms with Gasteiger partial charge in [0.25, 0.3) is 0 Å². The van der Waals surface area contributed by atoms with Gasteiger partial charge in [0.05, 0.1) is 30.7 Å². The molecule has 2 aromatic heterocycles. The summed E-state index contributed by atoms with van der Waals surface area (Å²) < 4.78 is 36.8. The molecule has 0 amide bonds. The molecule has 0 saturated carbocycles. The summed E-state index contributed by atoms with van der Waals surface area (Å²) in [6.45, 7) is 0. The highest BCUT2D eigenvalue weighted by atomic mass is 32.2. The average Bonchev–Trinajstić information content (AvgIpc) is 3.53. The molecule has 38 heavy (non-hydrogen) atoms. The van der Waals surface area contributed by atoms with Gasteiger partial charge in [-0.3, -0.25) is 9.71 Å². The quantitative estimate of drug-likeness (QED) is 0.251. The van der Waals surface area contributed by atoms with Crippen LogP contribution in [0.15, 0.2) is 89.5 Å². The van der Waals surface area contributed by atoms with Crippen molar-refractivity contribution in [1.82, 2.24) is 10.3 Å². The first kappa shape index (κ1) is 25.4. The van der Waals surface area contributed by atoms with Crippen LogP contribution in [-0.4, -0.2) is 37.8 Å². The number of pyridine rings is 1. The normalized spacial score (nSPS) is 17.2. The molecule has 0 unspecified atom stereocenters. The molecule has 1 aliphatic heterocycles. The van der Waals surface area contributed by atoms with E-state index < -0.39 is 16.0 Å². The number of thiocarbonyl (C=S) groups is 1.